The molecule has 0 amide bonds. The first-order valence-corrected chi connectivity index (χ1v) is 5.93. The molecule has 2 rings (SSSR count). The summed E-state index contributed by atoms with van der Waals surface area (Å²) in [6.45, 7) is 1.81. The molecular weight excluding hydrogens is 248 g/mol. The van der Waals surface area contributed by atoms with Gasteiger partial charge in [-0.25, -0.2) is 8.78 Å². The van der Waals surface area contributed by atoms with Gasteiger partial charge in [0.1, 0.15) is 11.6 Å². The van der Waals surface area contributed by atoms with Crippen molar-refractivity contribution in [3.05, 3.63) is 65.0 Å². The van der Waals surface area contributed by atoms with Crippen LogP contribution in [-0.2, 0) is 6.42 Å². The lowest BCUT2D eigenvalue weighted by molar-refractivity contribution is 0.493. The number of rotatable bonds is 4. The zero-order valence-electron chi connectivity index (χ0n) is 10.5. The van der Waals surface area contributed by atoms with E-state index in [4.69, 9.17) is 5.84 Å². The minimum atomic E-state index is -0.453. The second-order valence-corrected chi connectivity index (χ2v) is 4.36. The molecule has 1 aromatic heterocycles. The standard InChI is InChI=1S/C14H15F2N3/c1-9-7-11(15)5-4-10(9)8-13(19-17)14-12(16)3-2-6-18-14/h2-7,13,19H,8,17H2,1H3. The Kier molecular flexibility index (Phi) is 4.19. The molecule has 1 atom stereocenters. The van der Waals surface area contributed by atoms with Gasteiger partial charge in [-0.3, -0.25) is 16.3 Å². The number of benzene rings is 1. The molecule has 0 saturated heterocycles. The highest BCUT2D eigenvalue weighted by atomic mass is 19.1. The molecule has 100 valence electrons. The van der Waals surface area contributed by atoms with Crippen molar-refractivity contribution in [3.63, 3.8) is 0 Å². The normalized spacial score (nSPS) is 12.4. The molecule has 0 aliphatic rings. The first kappa shape index (κ1) is 13.6. The molecule has 0 radical (unpaired) electrons. The molecule has 0 bridgehead atoms. The SMILES string of the molecule is Cc1cc(F)ccc1CC(NN)c1ncccc1F. The van der Waals surface area contributed by atoms with Gasteiger partial charge in [0, 0.05) is 6.20 Å². The second-order valence-electron chi connectivity index (χ2n) is 4.36. The minimum Gasteiger partial charge on any atom is -0.271 e. The van der Waals surface area contributed by atoms with Crippen molar-refractivity contribution in [3.8, 4) is 0 Å². The molecule has 0 spiro atoms. The zero-order chi connectivity index (χ0) is 13.8. The lowest BCUT2D eigenvalue weighted by Gasteiger charge is -2.17. The number of aromatic nitrogens is 1. The van der Waals surface area contributed by atoms with Crippen molar-refractivity contribution < 1.29 is 8.78 Å². The van der Waals surface area contributed by atoms with Crippen LogP contribution in [0.3, 0.4) is 0 Å². The van der Waals surface area contributed by atoms with Crippen LogP contribution >= 0.6 is 0 Å². The van der Waals surface area contributed by atoms with E-state index in [1.165, 1.54) is 30.5 Å². The first-order chi connectivity index (χ1) is 9.11. The van der Waals surface area contributed by atoms with E-state index in [2.05, 4.69) is 10.4 Å². The highest BCUT2D eigenvalue weighted by Gasteiger charge is 2.17. The van der Waals surface area contributed by atoms with Crippen LogP contribution in [-0.4, -0.2) is 4.98 Å². The van der Waals surface area contributed by atoms with Crippen molar-refractivity contribution in [1.82, 2.24) is 10.4 Å². The van der Waals surface area contributed by atoms with E-state index in [9.17, 15) is 8.78 Å². The van der Waals surface area contributed by atoms with Gasteiger partial charge in [0.05, 0.1) is 11.7 Å². The van der Waals surface area contributed by atoms with Crippen LogP contribution in [0.4, 0.5) is 8.78 Å². The predicted molar refractivity (Wildman–Crippen MR) is 69.1 cm³/mol. The summed E-state index contributed by atoms with van der Waals surface area (Å²) in [5, 5.41) is 0. The van der Waals surface area contributed by atoms with Gasteiger partial charge in [-0.2, -0.15) is 0 Å². The summed E-state index contributed by atoms with van der Waals surface area (Å²) in [6, 6.07) is 6.91. The van der Waals surface area contributed by atoms with Gasteiger partial charge < -0.3 is 0 Å². The average Bonchev–Trinajstić information content (AvgIpc) is 2.39. The quantitative estimate of drug-likeness (QED) is 0.658. The van der Waals surface area contributed by atoms with Crippen molar-refractivity contribution in [2.75, 3.05) is 0 Å². The Balaban J connectivity index is 2.27. The fourth-order valence-corrected chi connectivity index (χ4v) is 2.00. The van der Waals surface area contributed by atoms with Gasteiger partial charge >= 0.3 is 0 Å². The van der Waals surface area contributed by atoms with E-state index in [0.29, 0.717) is 6.42 Å². The van der Waals surface area contributed by atoms with Crippen LogP contribution in [0.2, 0.25) is 0 Å². The van der Waals surface area contributed by atoms with Gasteiger partial charge in [0.25, 0.3) is 0 Å². The maximum Gasteiger partial charge on any atom is 0.146 e. The minimum absolute atomic E-state index is 0.258. The molecule has 0 aliphatic heterocycles. The van der Waals surface area contributed by atoms with Gasteiger partial charge in [-0.15, -0.1) is 0 Å². The number of nitrogens with zero attached hydrogens (tertiary/aromatic N) is 1. The molecule has 1 heterocycles. The van der Waals surface area contributed by atoms with E-state index in [-0.39, 0.29) is 11.5 Å². The molecule has 3 nitrogen and oxygen atoms in total. The number of hydrogen-bond acceptors (Lipinski definition) is 3. The third-order valence-corrected chi connectivity index (χ3v) is 3.05. The van der Waals surface area contributed by atoms with E-state index in [1.807, 2.05) is 0 Å². The number of aryl methyl sites for hydroxylation is 1. The van der Waals surface area contributed by atoms with Crippen molar-refractivity contribution in [2.24, 2.45) is 5.84 Å². The highest BCUT2D eigenvalue weighted by Crippen LogP contribution is 2.21. The summed E-state index contributed by atoms with van der Waals surface area (Å²) >= 11 is 0. The van der Waals surface area contributed by atoms with Gasteiger partial charge in [0.2, 0.25) is 0 Å². The molecule has 19 heavy (non-hydrogen) atoms. The largest absolute Gasteiger partial charge is 0.271 e. The summed E-state index contributed by atoms with van der Waals surface area (Å²) in [5.74, 6) is 4.77. The van der Waals surface area contributed by atoms with Crippen molar-refractivity contribution in [2.45, 2.75) is 19.4 Å². The first-order valence-electron chi connectivity index (χ1n) is 5.93. The van der Waals surface area contributed by atoms with Crippen LogP contribution in [0.1, 0.15) is 22.9 Å². The molecule has 3 N–H and O–H groups in total. The Hall–Kier alpha value is -1.85. The highest BCUT2D eigenvalue weighted by molar-refractivity contribution is 5.28. The third-order valence-electron chi connectivity index (χ3n) is 3.05. The Morgan fingerprint density at radius 2 is 2.11 bits per heavy atom. The Morgan fingerprint density at radius 1 is 1.32 bits per heavy atom. The fourth-order valence-electron chi connectivity index (χ4n) is 2.00. The number of hydrazine groups is 1. The Bertz CT molecular complexity index is 572. The molecule has 1 unspecified atom stereocenters. The van der Waals surface area contributed by atoms with Crippen LogP contribution in [0.15, 0.2) is 36.5 Å². The predicted octanol–water partition coefficient (Wildman–Crippen LogP) is 2.42. The number of pyridine rings is 1. The summed E-state index contributed by atoms with van der Waals surface area (Å²) in [6.07, 6.45) is 1.96. The monoisotopic (exact) mass is 263 g/mol. The summed E-state index contributed by atoms with van der Waals surface area (Å²) < 4.78 is 26.7. The van der Waals surface area contributed by atoms with Crippen molar-refractivity contribution >= 4 is 0 Å². The van der Waals surface area contributed by atoms with Crippen LogP contribution in [0, 0.1) is 18.6 Å². The number of nitrogens with one attached hydrogen (secondary N) is 1. The molecule has 1 aromatic carbocycles. The van der Waals surface area contributed by atoms with Crippen LogP contribution in [0.25, 0.3) is 0 Å². The zero-order valence-corrected chi connectivity index (χ0v) is 10.5. The smallest absolute Gasteiger partial charge is 0.146 e. The molecule has 0 saturated carbocycles. The van der Waals surface area contributed by atoms with E-state index in [0.717, 1.165) is 11.1 Å². The Labute approximate surface area is 110 Å². The molecule has 0 fully saturated rings. The fraction of sp³-hybridized carbons (Fsp3) is 0.214. The lowest BCUT2D eigenvalue weighted by atomic mass is 9.99. The van der Waals surface area contributed by atoms with Gasteiger partial charge in [-0.05, 0) is 48.7 Å². The maximum atomic E-state index is 13.7. The number of nitrogens with two attached hydrogens (primary N) is 1. The summed E-state index contributed by atoms with van der Waals surface area (Å²) in [4.78, 5) is 4.00. The number of hydrogen-bond donors (Lipinski definition) is 2. The number of halogens is 2. The molecule has 5 heteroatoms. The van der Waals surface area contributed by atoms with E-state index >= 15 is 0 Å². The second kappa shape index (κ2) is 5.86. The topological polar surface area (TPSA) is 50.9 Å². The van der Waals surface area contributed by atoms with Crippen molar-refractivity contribution in [1.29, 1.82) is 0 Å². The molecule has 0 aliphatic carbocycles. The summed E-state index contributed by atoms with van der Waals surface area (Å²) in [7, 11) is 0. The maximum absolute atomic E-state index is 13.7. The van der Waals surface area contributed by atoms with E-state index in [1.54, 1.807) is 13.0 Å². The third kappa shape index (κ3) is 3.13. The molecular formula is C14H15F2N3. The van der Waals surface area contributed by atoms with Gasteiger partial charge in [0.15, 0.2) is 0 Å². The van der Waals surface area contributed by atoms with Crippen LogP contribution < -0.4 is 11.3 Å². The Morgan fingerprint density at radius 3 is 2.74 bits per heavy atom. The summed E-state index contributed by atoms with van der Waals surface area (Å²) in [5.41, 5.74) is 4.51. The molecule has 2 aromatic rings. The van der Waals surface area contributed by atoms with E-state index < -0.39 is 11.9 Å². The van der Waals surface area contributed by atoms with Gasteiger partial charge in [-0.1, -0.05) is 6.07 Å². The lowest BCUT2D eigenvalue weighted by Crippen LogP contribution is -2.31. The average molecular weight is 263 g/mol. The van der Waals surface area contributed by atoms with Crippen LogP contribution in [0.5, 0.6) is 0 Å².